The Kier molecular flexibility index (Phi) is 20.9. The quantitative estimate of drug-likeness (QED) is 0.0861. The molecule has 0 aromatic heterocycles. The molecular formula is C50H69N9O17. The third-order valence-electron chi connectivity index (χ3n) is 12.7. The predicted octanol–water partition coefficient (Wildman–Crippen LogP) is -3.65. The van der Waals surface area contributed by atoms with Crippen molar-refractivity contribution in [2.45, 2.75) is 139 Å². The number of nitrogens with zero attached hydrogens (tertiary/aromatic N) is 3. The zero-order valence-electron chi connectivity index (χ0n) is 43.0. The van der Waals surface area contributed by atoms with Crippen LogP contribution in [0.5, 0.6) is 11.5 Å². The van der Waals surface area contributed by atoms with E-state index in [4.69, 9.17) is 20.8 Å². The van der Waals surface area contributed by atoms with E-state index in [1.165, 1.54) is 52.9 Å². The first-order chi connectivity index (χ1) is 35.8. The number of β-amino-alcohol motifs (C(OH)–C–C–N with tert-alkyl or cyclic N) is 1. The van der Waals surface area contributed by atoms with Crippen molar-refractivity contribution in [3.8, 4) is 11.5 Å². The van der Waals surface area contributed by atoms with E-state index in [1.54, 1.807) is 0 Å². The fraction of sp³-hybridized carbons (Fsp3) is 0.580. The fourth-order valence-electron chi connectivity index (χ4n) is 8.79. The van der Waals surface area contributed by atoms with Crippen LogP contribution in [0.1, 0.15) is 58.6 Å². The van der Waals surface area contributed by atoms with Crippen molar-refractivity contribution in [1.29, 1.82) is 0 Å². The Morgan fingerprint density at radius 3 is 2.09 bits per heavy atom. The lowest BCUT2D eigenvalue weighted by molar-refractivity contribution is -0.147. The average Bonchev–Trinajstić information content (AvgIpc) is 3.90. The number of amides is 8. The molecule has 0 radical (unpaired) electrons. The SMILES string of the molecule is [C-]#[N+]C[C@@H](O)[C@@H]1NC(=O)[C@H]([C@H](O)Cc2ccc(OCc3ccccc3)c(OCC(=O)NC)c2)NC(=O)[C@@H]2C[C@@H](O)CN2C(=O)[C@H]([C@@H](C)O)NC(=O)C(NC(=O)OC(C)(C)C)C[C@@H](O)CNC(=O)[C@@H]2[C@@H](O)[C@@H](C)CN2C1=O. The van der Waals surface area contributed by atoms with Crippen molar-refractivity contribution in [1.82, 2.24) is 41.7 Å². The number of likely N-dealkylation sites (N-methyl/N-ethyl adjacent to an activating group) is 1. The highest BCUT2D eigenvalue weighted by Crippen LogP contribution is 2.31. The molecule has 12 N–H and O–H groups in total. The summed E-state index contributed by atoms with van der Waals surface area (Å²) in [6.45, 7) is 12.0. The van der Waals surface area contributed by atoms with Gasteiger partial charge in [0.2, 0.25) is 42.0 Å². The fourth-order valence-corrected chi connectivity index (χ4v) is 8.79. The average molecular weight is 1070 g/mol. The normalized spacial score (nSPS) is 27.4. The van der Waals surface area contributed by atoms with Crippen LogP contribution in [0, 0.1) is 12.5 Å². The Labute approximate surface area is 438 Å². The van der Waals surface area contributed by atoms with Gasteiger partial charge in [-0.3, -0.25) is 33.6 Å². The topological polar surface area (TPSA) is 369 Å². The molecule has 3 heterocycles. The molecule has 8 amide bonds. The number of ether oxygens (including phenoxy) is 3. The number of aliphatic hydroxyl groups is 6. The lowest BCUT2D eigenvalue weighted by atomic mass is 9.99. The molecule has 5 rings (SSSR count). The molecule has 76 heavy (non-hydrogen) atoms. The molecule has 26 nitrogen and oxygen atoms in total. The van der Waals surface area contributed by atoms with Gasteiger partial charge in [-0.05, 0) is 51.0 Å². The van der Waals surface area contributed by atoms with Crippen molar-refractivity contribution in [2.75, 3.05) is 39.8 Å². The van der Waals surface area contributed by atoms with Crippen molar-refractivity contribution in [3.63, 3.8) is 0 Å². The van der Waals surface area contributed by atoms with Crippen LogP contribution in [-0.2, 0) is 51.3 Å². The maximum Gasteiger partial charge on any atom is 0.408 e. The largest absolute Gasteiger partial charge is 0.485 e. The van der Waals surface area contributed by atoms with Gasteiger partial charge < -0.3 is 91.4 Å². The standard InChI is InChI=1S/C50H69N9O17/c1-25-21-59-41(42(25)66)46(70)53-19-29(61)17-31(54-49(73)76-50(3,4)5)43(67)55-38(26(2)60)47(71)58-22-30(62)18-32(58)44(68)56-39(45(69)57-40(48(59)72)34(64)20-51-6)33(63)15-28-13-14-35(36(16-28)75-24-37(65)52-7)74-23-27-11-9-8-10-12-27/h8-14,16,25-26,29-34,38-42,60-64,66H,15,17-24H2,1-5,7H3,(H,52,65)(H,53,70)(H,54,73)(H,55,67)(H,56,68)(H,57,69)/t25-,26+,29+,30+,31?,32-,33+,34+,38-,39-,40-,41-,42-/m0/s1. The predicted molar refractivity (Wildman–Crippen MR) is 265 cm³/mol. The van der Waals surface area contributed by atoms with Gasteiger partial charge in [0.15, 0.2) is 24.2 Å². The molecule has 0 bridgehead atoms. The van der Waals surface area contributed by atoms with Gasteiger partial charge in [0, 0.05) is 51.9 Å². The Balaban J connectivity index is 1.58. The first kappa shape index (κ1) is 59.7. The molecule has 13 atom stereocenters. The summed E-state index contributed by atoms with van der Waals surface area (Å²) in [5.41, 5.74) is -0.0507. The molecule has 0 saturated carbocycles. The number of hydrogen-bond acceptors (Lipinski definition) is 17. The minimum absolute atomic E-state index is 0.0356. The van der Waals surface area contributed by atoms with Gasteiger partial charge in [-0.25, -0.2) is 11.4 Å². The van der Waals surface area contributed by atoms with E-state index in [0.717, 1.165) is 22.3 Å². The van der Waals surface area contributed by atoms with Crippen LogP contribution in [0.2, 0.25) is 0 Å². The maximum atomic E-state index is 14.7. The number of hydrogen-bond donors (Lipinski definition) is 12. The second kappa shape index (κ2) is 26.6. The summed E-state index contributed by atoms with van der Waals surface area (Å²) in [6, 6.07) is 2.23. The van der Waals surface area contributed by atoms with Crippen LogP contribution in [0.15, 0.2) is 48.5 Å². The Morgan fingerprint density at radius 1 is 0.789 bits per heavy atom. The number of rotatable bonds is 13. The third-order valence-corrected chi connectivity index (χ3v) is 12.7. The Morgan fingerprint density at radius 2 is 1.45 bits per heavy atom. The van der Waals surface area contributed by atoms with E-state index in [9.17, 15) is 69.0 Å². The molecule has 1 unspecified atom stereocenters. The summed E-state index contributed by atoms with van der Waals surface area (Å²) in [5, 5.41) is 81.9. The van der Waals surface area contributed by atoms with Crippen LogP contribution < -0.4 is 41.4 Å². The van der Waals surface area contributed by atoms with Gasteiger partial charge in [0.25, 0.3) is 5.91 Å². The van der Waals surface area contributed by atoms with Gasteiger partial charge in [0.1, 0.15) is 48.5 Å². The van der Waals surface area contributed by atoms with Gasteiger partial charge in [-0.2, -0.15) is 0 Å². The summed E-state index contributed by atoms with van der Waals surface area (Å²) in [7, 11) is 1.40. The highest BCUT2D eigenvalue weighted by atomic mass is 16.6. The van der Waals surface area contributed by atoms with Crippen LogP contribution >= 0.6 is 0 Å². The number of alkyl carbamates (subject to hydrolysis) is 1. The minimum atomic E-state index is -2.10. The molecule has 0 aliphatic carbocycles. The van der Waals surface area contributed by atoms with E-state index < -0.39 is 177 Å². The minimum Gasteiger partial charge on any atom is -0.485 e. The molecule has 3 fully saturated rings. The molecule has 26 heteroatoms. The first-order valence-electron chi connectivity index (χ1n) is 24.7. The summed E-state index contributed by atoms with van der Waals surface area (Å²) < 4.78 is 17.1. The van der Waals surface area contributed by atoms with Gasteiger partial charge >= 0.3 is 6.09 Å². The van der Waals surface area contributed by atoms with E-state index in [-0.39, 0.29) is 30.2 Å². The highest BCUT2D eigenvalue weighted by Gasteiger charge is 2.50. The van der Waals surface area contributed by atoms with Crippen LogP contribution in [0.25, 0.3) is 4.85 Å². The third kappa shape index (κ3) is 15.9. The van der Waals surface area contributed by atoms with Crippen molar-refractivity contribution in [2.24, 2.45) is 5.92 Å². The smallest absolute Gasteiger partial charge is 0.408 e. The number of aliphatic hydroxyl groups excluding tert-OH is 6. The second-order valence-corrected chi connectivity index (χ2v) is 20.0. The van der Waals surface area contributed by atoms with Crippen molar-refractivity contribution in [3.05, 3.63) is 71.1 Å². The number of nitrogens with one attached hydrogen (secondary N) is 6. The molecular weight excluding hydrogens is 999 g/mol. The lowest BCUT2D eigenvalue weighted by Gasteiger charge is -2.33. The van der Waals surface area contributed by atoms with Gasteiger partial charge in [-0.15, -0.1) is 0 Å². The van der Waals surface area contributed by atoms with Crippen LogP contribution in [0.4, 0.5) is 4.79 Å². The van der Waals surface area contributed by atoms with Crippen molar-refractivity contribution >= 4 is 47.4 Å². The van der Waals surface area contributed by atoms with E-state index in [0.29, 0.717) is 0 Å². The molecule has 2 aromatic rings. The maximum absolute atomic E-state index is 14.7. The van der Waals surface area contributed by atoms with Crippen molar-refractivity contribution < 1.29 is 83.2 Å². The molecule has 3 aliphatic heterocycles. The Bertz CT molecular complexity index is 2450. The zero-order valence-corrected chi connectivity index (χ0v) is 43.0. The van der Waals surface area contributed by atoms with E-state index >= 15 is 0 Å². The van der Waals surface area contributed by atoms with Crippen LogP contribution in [0.3, 0.4) is 0 Å². The van der Waals surface area contributed by atoms with E-state index in [1.807, 2.05) is 30.3 Å². The monoisotopic (exact) mass is 1070 g/mol. The van der Waals surface area contributed by atoms with Crippen LogP contribution in [-0.4, -0.2) is 206 Å². The molecule has 3 aliphatic rings. The van der Waals surface area contributed by atoms with E-state index in [2.05, 4.69) is 36.7 Å². The molecule has 416 valence electrons. The second-order valence-electron chi connectivity index (χ2n) is 20.0. The molecule has 2 aromatic carbocycles. The zero-order chi connectivity index (χ0) is 56.2. The van der Waals surface area contributed by atoms with Gasteiger partial charge in [-0.1, -0.05) is 43.3 Å². The Hall–Kier alpha value is -7.15. The number of fused-ring (bicyclic) bond motifs is 2. The van der Waals surface area contributed by atoms with Gasteiger partial charge in [0.05, 0.1) is 30.5 Å². The molecule has 0 spiro atoms. The lowest BCUT2D eigenvalue weighted by Crippen LogP contribution is -2.64. The highest BCUT2D eigenvalue weighted by molar-refractivity contribution is 5.98. The summed E-state index contributed by atoms with van der Waals surface area (Å²) >= 11 is 0. The number of carbonyl (C=O) groups excluding carboxylic acids is 8. The molecule has 3 saturated heterocycles. The summed E-state index contributed by atoms with van der Waals surface area (Å²) in [5.74, 6) is -8.10. The summed E-state index contributed by atoms with van der Waals surface area (Å²) in [4.78, 5) is 116. The number of carbonyl (C=O) groups is 8. The first-order valence-corrected chi connectivity index (χ1v) is 24.7. The number of benzene rings is 2. The summed E-state index contributed by atoms with van der Waals surface area (Å²) in [6.07, 6.45) is -13.1.